The number of hydrogen-bond acceptors (Lipinski definition) is 3. The number of thiazole rings is 1. The standard InChI is InChI=1S/C11H6INOS/c12-7-3-4-8-10(6-7)15-11(13-8)9-2-1-5-14-9/h1-6H. The van der Waals surface area contributed by atoms with E-state index in [2.05, 4.69) is 39.7 Å². The van der Waals surface area contributed by atoms with Crippen molar-refractivity contribution in [3.05, 3.63) is 40.2 Å². The van der Waals surface area contributed by atoms with E-state index >= 15 is 0 Å². The number of benzene rings is 1. The highest BCUT2D eigenvalue weighted by Gasteiger charge is 2.07. The van der Waals surface area contributed by atoms with Gasteiger partial charge in [-0.1, -0.05) is 0 Å². The van der Waals surface area contributed by atoms with Gasteiger partial charge in [-0.25, -0.2) is 4.98 Å². The largest absolute Gasteiger partial charge is 0.462 e. The summed E-state index contributed by atoms with van der Waals surface area (Å²) in [7, 11) is 0. The Labute approximate surface area is 104 Å². The Bertz CT molecular complexity index is 600. The molecule has 0 spiro atoms. The Kier molecular flexibility index (Phi) is 2.25. The first kappa shape index (κ1) is 9.35. The lowest BCUT2D eigenvalue weighted by molar-refractivity contribution is 0.582. The molecule has 0 N–H and O–H groups in total. The molecule has 2 nitrogen and oxygen atoms in total. The van der Waals surface area contributed by atoms with Gasteiger partial charge in [0.2, 0.25) is 0 Å². The van der Waals surface area contributed by atoms with Gasteiger partial charge in [0, 0.05) is 3.57 Å². The fourth-order valence-electron chi connectivity index (χ4n) is 1.40. The lowest BCUT2D eigenvalue weighted by atomic mass is 10.3. The monoisotopic (exact) mass is 327 g/mol. The van der Waals surface area contributed by atoms with Gasteiger partial charge >= 0.3 is 0 Å². The highest BCUT2D eigenvalue weighted by atomic mass is 127. The summed E-state index contributed by atoms with van der Waals surface area (Å²) in [5.41, 5.74) is 1.03. The number of nitrogens with zero attached hydrogens (tertiary/aromatic N) is 1. The summed E-state index contributed by atoms with van der Waals surface area (Å²) < 4.78 is 7.76. The second-order valence-corrected chi connectivity index (χ2v) is 5.38. The Hall–Kier alpha value is -0.880. The molecule has 0 bridgehead atoms. The maximum absolute atomic E-state index is 5.33. The number of fused-ring (bicyclic) bond motifs is 1. The van der Waals surface area contributed by atoms with Crippen LogP contribution in [0.3, 0.4) is 0 Å². The molecule has 1 aromatic carbocycles. The first-order valence-corrected chi connectivity index (χ1v) is 6.32. The van der Waals surface area contributed by atoms with Crippen molar-refractivity contribution in [3.8, 4) is 10.8 Å². The molecule has 0 aliphatic heterocycles. The molecule has 15 heavy (non-hydrogen) atoms. The third kappa shape index (κ3) is 1.68. The van der Waals surface area contributed by atoms with Gasteiger partial charge in [-0.2, -0.15) is 0 Å². The van der Waals surface area contributed by atoms with Crippen LogP contribution in [0, 0.1) is 3.57 Å². The predicted molar refractivity (Wildman–Crippen MR) is 70.0 cm³/mol. The molecule has 0 atom stereocenters. The molecular weight excluding hydrogens is 321 g/mol. The summed E-state index contributed by atoms with van der Waals surface area (Å²) in [6.07, 6.45) is 1.67. The lowest BCUT2D eigenvalue weighted by Crippen LogP contribution is -1.71. The molecule has 0 fully saturated rings. The molecule has 0 saturated heterocycles. The molecule has 0 radical (unpaired) electrons. The average Bonchev–Trinajstić information content (AvgIpc) is 2.84. The van der Waals surface area contributed by atoms with Crippen LogP contribution in [0.5, 0.6) is 0 Å². The van der Waals surface area contributed by atoms with Crippen LogP contribution in [0.25, 0.3) is 21.0 Å². The number of rotatable bonds is 1. The fraction of sp³-hybridized carbons (Fsp3) is 0. The first-order valence-electron chi connectivity index (χ1n) is 4.43. The normalized spacial score (nSPS) is 11.0. The summed E-state index contributed by atoms with van der Waals surface area (Å²) in [6, 6.07) is 10.1. The molecule has 0 amide bonds. The van der Waals surface area contributed by atoms with Crippen LogP contribution in [-0.2, 0) is 0 Å². The molecule has 3 aromatic rings. The maximum atomic E-state index is 5.33. The summed E-state index contributed by atoms with van der Waals surface area (Å²) in [4.78, 5) is 4.52. The van der Waals surface area contributed by atoms with E-state index in [1.165, 1.54) is 8.27 Å². The van der Waals surface area contributed by atoms with Gasteiger partial charge in [0.1, 0.15) is 0 Å². The summed E-state index contributed by atoms with van der Waals surface area (Å²) in [5.74, 6) is 0.839. The van der Waals surface area contributed by atoms with Crippen LogP contribution in [0.4, 0.5) is 0 Å². The van der Waals surface area contributed by atoms with Crippen LogP contribution in [-0.4, -0.2) is 4.98 Å². The van der Waals surface area contributed by atoms with Gasteiger partial charge in [-0.3, -0.25) is 0 Å². The van der Waals surface area contributed by atoms with Gasteiger partial charge in [-0.05, 0) is 52.9 Å². The van der Waals surface area contributed by atoms with Gasteiger partial charge in [0.15, 0.2) is 10.8 Å². The topological polar surface area (TPSA) is 26.0 Å². The minimum Gasteiger partial charge on any atom is -0.462 e. The Morgan fingerprint density at radius 1 is 1.27 bits per heavy atom. The molecule has 2 heterocycles. The van der Waals surface area contributed by atoms with Crippen molar-refractivity contribution in [1.29, 1.82) is 0 Å². The first-order chi connectivity index (χ1) is 7.33. The minimum absolute atomic E-state index is 0.839. The van der Waals surface area contributed by atoms with Crippen LogP contribution < -0.4 is 0 Å². The van der Waals surface area contributed by atoms with Crippen LogP contribution in [0.1, 0.15) is 0 Å². The van der Waals surface area contributed by atoms with Crippen LogP contribution >= 0.6 is 33.9 Å². The molecule has 2 aromatic heterocycles. The van der Waals surface area contributed by atoms with E-state index in [-0.39, 0.29) is 0 Å². The lowest BCUT2D eigenvalue weighted by Gasteiger charge is -1.86. The van der Waals surface area contributed by atoms with E-state index in [1.807, 2.05) is 18.2 Å². The Balaban J connectivity index is 2.22. The van der Waals surface area contributed by atoms with Crippen molar-refractivity contribution in [1.82, 2.24) is 4.98 Å². The van der Waals surface area contributed by atoms with E-state index in [9.17, 15) is 0 Å². The highest BCUT2D eigenvalue weighted by Crippen LogP contribution is 2.30. The Morgan fingerprint density at radius 2 is 2.20 bits per heavy atom. The zero-order chi connectivity index (χ0) is 10.3. The SMILES string of the molecule is Ic1ccc2nc(-c3ccco3)sc2c1. The molecule has 0 aliphatic carbocycles. The third-order valence-corrected chi connectivity index (χ3v) is 3.79. The van der Waals surface area contributed by atoms with E-state index in [0.717, 1.165) is 16.3 Å². The van der Waals surface area contributed by atoms with Gasteiger partial charge in [0.25, 0.3) is 0 Å². The summed E-state index contributed by atoms with van der Waals surface area (Å²) in [6.45, 7) is 0. The molecule has 0 unspecified atom stereocenters. The smallest absolute Gasteiger partial charge is 0.162 e. The van der Waals surface area contributed by atoms with Crippen molar-refractivity contribution < 1.29 is 4.42 Å². The third-order valence-electron chi connectivity index (χ3n) is 2.08. The molecular formula is C11H6INOS. The van der Waals surface area contributed by atoms with Crippen molar-refractivity contribution in [2.75, 3.05) is 0 Å². The number of hydrogen-bond donors (Lipinski definition) is 0. The minimum atomic E-state index is 0.839. The molecule has 0 saturated carbocycles. The number of aromatic nitrogens is 1. The number of furan rings is 1. The van der Waals surface area contributed by atoms with Gasteiger partial charge in [-0.15, -0.1) is 11.3 Å². The second-order valence-electron chi connectivity index (χ2n) is 3.11. The highest BCUT2D eigenvalue weighted by molar-refractivity contribution is 14.1. The zero-order valence-electron chi connectivity index (χ0n) is 7.61. The summed E-state index contributed by atoms with van der Waals surface area (Å²) in [5, 5.41) is 0.942. The van der Waals surface area contributed by atoms with Crippen molar-refractivity contribution >= 4 is 44.1 Å². The van der Waals surface area contributed by atoms with E-state index in [0.29, 0.717) is 0 Å². The molecule has 3 rings (SSSR count). The number of halogens is 1. The summed E-state index contributed by atoms with van der Waals surface area (Å²) >= 11 is 3.97. The van der Waals surface area contributed by atoms with Gasteiger partial charge in [0.05, 0.1) is 16.5 Å². The van der Waals surface area contributed by atoms with Crippen molar-refractivity contribution in [2.45, 2.75) is 0 Å². The van der Waals surface area contributed by atoms with E-state index < -0.39 is 0 Å². The molecule has 4 heteroatoms. The zero-order valence-corrected chi connectivity index (χ0v) is 10.6. The van der Waals surface area contributed by atoms with Crippen molar-refractivity contribution in [2.24, 2.45) is 0 Å². The average molecular weight is 327 g/mol. The maximum Gasteiger partial charge on any atom is 0.162 e. The van der Waals surface area contributed by atoms with Crippen molar-refractivity contribution in [3.63, 3.8) is 0 Å². The fourth-order valence-corrected chi connectivity index (χ4v) is 3.08. The predicted octanol–water partition coefficient (Wildman–Crippen LogP) is 4.16. The quantitative estimate of drug-likeness (QED) is 0.627. The molecule has 0 aliphatic rings. The van der Waals surface area contributed by atoms with E-state index in [1.54, 1.807) is 17.6 Å². The Morgan fingerprint density at radius 3 is 3.00 bits per heavy atom. The van der Waals surface area contributed by atoms with Gasteiger partial charge < -0.3 is 4.42 Å². The molecule has 74 valence electrons. The van der Waals surface area contributed by atoms with E-state index in [4.69, 9.17) is 4.42 Å². The van der Waals surface area contributed by atoms with Crippen LogP contribution in [0.15, 0.2) is 41.0 Å². The van der Waals surface area contributed by atoms with Crippen LogP contribution in [0.2, 0.25) is 0 Å². The second kappa shape index (κ2) is 3.61.